The van der Waals surface area contributed by atoms with Crippen LogP contribution >= 0.6 is 11.3 Å². The van der Waals surface area contributed by atoms with Crippen LogP contribution in [-0.4, -0.2) is 29.7 Å². The highest BCUT2D eigenvalue weighted by atomic mass is 32.2. The average molecular weight is 486 g/mol. The SMILES string of the molecule is COc1ccc2[nH]c(=O)c(CN(Cc3cccs3)S(=O)(=O)c3ccccc3[N+](=O)[O-])cc2c1. The molecule has 0 bridgehead atoms. The zero-order valence-corrected chi connectivity index (χ0v) is 19.1. The molecule has 2 aromatic carbocycles. The number of methoxy groups -OCH3 is 1. The van der Waals surface area contributed by atoms with Gasteiger partial charge in [-0.25, -0.2) is 8.42 Å². The normalized spacial score (nSPS) is 11.7. The van der Waals surface area contributed by atoms with Crippen LogP contribution in [0.3, 0.4) is 0 Å². The average Bonchev–Trinajstić information content (AvgIpc) is 3.32. The monoisotopic (exact) mass is 485 g/mol. The van der Waals surface area contributed by atoms with Gasteiger partial charge in [0.1, 0.15) is 5.75 Å². The Kier molecular flexibility index (Phi) is 6.27. The molecule has 1 N–H and O–H groups in total. The number of nitrogens with zero attached hydrogens (tertiary/aromatic N) is 2. The molecule has 0 saturated heterocycles. The first kappa shape index (κ1) is 22.6. The molecule has 0 aliphatic rings. The molecule has 9 nitrogen and oxygen atoms in total. The van der Waals surface area contributed by atoms with E-state index in [0.717, 1.165) is 15.2 Å². The van der Waals surface area contributed by atoms with Gasteiger partial charge >= 0.3 is 0 Å². The molecular formula is C22H19N3O6S2. The molecule has 0 aliphatic carbocycles. The fourth-order valence-corrected chi connectivity index (χ4v) is 5.79. The zero-order chi connectivity index (χ0) is 23.6. The molecule has 11 heteroatoms. The fraction of sp³-hybridized carbons (Fsp3) is 0.136. The van der Waals surface area contributed by atoms with Gasteiger partial charge in [0.2, 0.25) is 0 Å². The van der Waals surface area contributed by atoms with Crippen LogP contribution in [-0.2, 0) is 23.1 Å². The number of nitro benzene ring substituents is 1. The van der Waals surface area contributed by atoms with Crippen molar-refractivity contribution in [2.45, 2.75) is 18.0 Å². The lowest BCUT2D eigenvalue weighted by Crippen LogP contribution is -2.32. The van der Waals surface area contributed by atoms with E-state index in [0.29, 0.717) is 16.7 Å². The van der Waals surface area contributed by atoms with E-state index in [4.69, 9.17) is 4.74 Å². The number of ether oxygens (including phenoxy) is 1. The summed E-state index contributed by atoms with van der Waals surface area (Å²) >= 11 is 1.35. The molecule has 170 valence electrons. The van der Waals surface area contributed by atoms with E-state index in [2.05, 4.69) is 4.98 Å². The van der Waals surface area contributed by atoms with Crippen molar-refractivity contribution in [3.05, 3.63) is 97.0 Å². The Morgan fingerprint density at radius 1 is 1.09 bits per heavy atom. The Morgan fingerprint density at radius 2 is 1.88 bits per heavy atom. The minimum absolute atomic E-state index is 0.0400. The van der Waals surface area contributed by atoms with E-state index in [9.17, 15) is 23.3 Å². The van der Waals surface area contributed by atoms with E-state index in [1.807, 2.05) is 0 Å². The first-order valence-electron chi connectivity index (χ1n) is 9.75. The van der Waals surface area contributed by atoms with Gasteiger partial charge in [0.25, 0.3) is 21.3 Å². The fourth-order valence-electron chi connectivity index (χ4n) is 3.43. The van der Waals surface area contributed by atoms with E-state index in [1.54, 1.807) is 41.8 Å². The Hall–Kier alpha value is -3.54. The number of hydrogen-bond donors (Lipinski definition) is 1. The lowest BCUT2D eigenvalue weighted by atomic mass is 10.1. The second-order valence-corrected chi connectivity index (χ2v) is 10.1. The predicted molar refractivity (Wildman–Crippen MR) is 125 cm³/mol. The van der Waals surface area contributed by atoms with Gasteiger partial charge in [-0.1, -0.05) is 18.2 Å². The van der Waals surface area contributed by atoms with Crippen molar-refractivity contribution >= 4 is 38.0 Å². The highest BCUT2D eigenvalue weighted by Gasteiger charge is 2.32. The number of nitro groups is 1. The van der Waals surface area contributed by atoms with Gasteiger partial charge in [-0.2, -0.15) is 4.31 Å². The van der Waals surface area contributed by atoms with Crippen molar-refractivity contribution < 1.29 is 18.1 Å². The Morgan fingerprint density at radius 3 is 2.58 bits per heavy atom. The largest absolute Gasteiger partial charge is 0.497 e. The highest BCUT2D eigenvalue weighted by molar-refractivity contribution is 7.89. The van der Waals surface area contributed by atoms with Crippen LogP contribution in [0.4, 0.5) is 5.69 Å². The van der Waals surface area contributed by atoms with Gasteiger partial charge in [-0.05, 0) is 41.8 Å². The minimum Gasteiger partial charge on any atom is -0.497 e. The van der Waals surface area contributed by atoms with Crippen molar-refractivity contribution in [2.75, 3.05) is 7.11 Å². The van der Waals surface area contributed by atoms with E-state index >= 15 is 0 Å². The molecule has 0 spiro atoms. The van der Waals surface area contributed by atoms with Crippen molar-refractivity contribution in [3.63, 3.8) is 0 Å². The van der Waals surface area contributed by atoms with E-state index in [-0.39, 0.29) is 18.7 Å². The van der Waals surface area contributed by atoms with Gasteiger partial charge in [-0.3, -0.25) is 14.9 Å². The van der Waals surface area contributed by atoms with Crippen LogP contribution in [0.2, 0.25) is 0 Å². The lowest BCUT2D eigenvalue weighted by molar-refractivity contribution is -0.387. The summed E-state index contributed by atoms with van der Waals surface area (Å²) in [7, 11) is -2.79. The Bertz CT molecular complexity index is 1480. The number of fused-ring (bicyclic) bond motifs is 1. The number of rotatable bonds is 8. The summed E-state index contributed by atoms with van der Waals surface area (Å²) in [5.41, 5.74) is -0.183. The van der Waals surface area contributed by atoms with Crippen LogP contribution in [0, 0.1) is 10.1 Å². The number of aromatic nitrogens is 1. The number of nitrogens with one attached hydrogen (secondary N) is 1. The third-order valence-electron chi connectivity index (χ3n) is 5.07. The maximum Gasteiger partial charge on any atom is 0.289 e. The van der Waals surface area contributed by atoms with Gasteiger partial charge in [0.15, 0.2) is 4.90 Å². The van der Waals surface area contributed by atoms with E-state index in [1.165, 1.54) is 36.6 Å². The molecule has 2 aromatic heterocycles. The summed E-state index contributed by atoms with van der Waals surface area (Å²) in [6, 6.07) is 15.5. The summed E-state index contributed by atoms with van der Waals surface area (Å²) in [6.07, 6.45) is 0. The summed E-state index contributed by atoms with van der Waals surface area (Å²) in [4.78, 5) is 26.6. The molecule has 4 rings (SSSR count). The number of thiophene rings is 1. The predicted octanol–water partition coefficient (Wildman–Crippen LogP) is 3.90. The Balaban J connectivity index is 1.81. The lowest BCUT2D eigenvalue weighted by Gasteiger charge is -2.21. The summed E-state index contributed by atoms with van der Waals surface area (Å²) in [5, 5.41) is 14.0. The smallest absolute Gasteiger partial charge is 0.289 e. The second-order valence-electron chi connectivity index (χ2n) is 7.15. The number of H-pyrrole nitrogens is 1. The number of aromatic amines is 1. The van der Waals surface area contributed by atoms with E-state index < -0.39 is 31.1 Å². The van der Waals surface area contributed by atoms with Crippen molar-refractivity contribution in [3.8, 4) is 5.75 Å². The zero-order valence-electron chi connectivity index (χ0n) is 17.4. The maximum atomic E-state index is 13.6. The molecule has 0 fully saturated rings. The first-order chi connectivity index (χ1) is 15.8. The minimum atomic E-state index is -4.31. The molecule has 0 radical (unpaired) electrons. The molecule has 33 heavy (non-hydrogen) atoms. The molecular weight excluding hydrogens is 466 g/mol. The third-order valence-corrected chi connectivity index (χ3v) is 7.77. The van der Waals surface area contributed by atoms with Gasteiger partial charge in [-0.15, -0.1) is 11.3 Å². The van der Waals surface area contributed by atoms with Crippen LogP contribution < -0.4 is 10.3 Å². The van der Waals surface area contributed by atoms with Gasteiger partial charge < -0.3 is 9.72 Å². The number of hydrogen-bond acceptors (Lipinski definition) is 7. The molecule has 0 amide bonds. The maximum absolute atomic E-state index is 13.6. The third kappa shape index (κ3) is 4.65. The van der Waals surface area contributed by atoms with Crippen molar-refractivity contribution in [2.24, 2.45) is 0 Å². The standard InChI is InChI=1S/C22H19N3O6S2/c1-31-17-8-9-19-15(12-17)11-16(22(26)23-19)13-24(14-18-5-4-10-32-18)33(29,30)21-7-3-2-6-20(21)25(27)28/h2-12H,13-14H2,1H3,(H,23,26). The number of para-hydroxylation sites is 1. The molecule has 0 unspecified atom stereocenters. The first-order valence-corrected chi connectivity index (χ1v) is 12.1. The summed E-state index contributed by atoms with van der Waals surface area (Å²) < 4.78 is 33.4. The molecule has 2 heterocycles. The van der Waals surface area contributed by atoms with Gasteiger partial charge in [0, 0.05) is 40.5 Å². The number of benzene rings is 2. The molecule has 0 aliphatic heterocycles. The van der Waals surface area contributed by atoms with Gasteiger partial charge in [0.05, 0.1) is 12.0 Å². The quantitative estimate of drug-likeness (QED) is 0.298. The highest BCUT2D eigenvalue weighted by Crippen LogP contribution is 2.29. The summed E-state index contributed by atoms with van der Waals surface area (Å²) in [6.45, 7) is -0.309. The van der Waals surface area contributed by atoms with Crippen molar-refractivity contribution in [1.82, 2.24) is 9.29 Å². The van der Waals surface area contributed by atoms with Crippen LogP contribution in [0.15, 0.2) is 75.7 Å². The second kappa shape index (κ2) is 9.14. The van der Waals surface area contributed by atoms with Crippen molar-refractivity contribution in [1.29, 1.82) is 0 Å². The topological polar surface area (TPSA) is 123 Å². The molecule has 4 aromatic rings. The number of pyridine rings is 1. The van der Waals surface area contributed by atoms with Crippen LogP contribution in [0.1, 0.15) is 10.4 Å². The molecule has 0 saturated carbocycles. The Labute approximate surface area is 193 Å². The number of sulfonamides is 1. The van der Waals surface area contributed by atoms with Crippen LogP contribution in [0.25, 0.3) is 10.9 Å². The van der Waals surface area contributed by atoms with Crippen LogP contribution in [0.5, 0.6) is 5.75 Å². The summed E-state index contributed by atoms with van der Waals surface area (Å²) in [5.74, 6) is 0.587. The molecule has 0 atom stereocenters.